The highest BCUT2D eigenvalue weighted by Gasteiger charge is 2.22. The first kappa shape index (κ1) is 21.9. The van der Waals surface area contributed by atoms with Gasteiger partial charge in [-0.25, -0.2) is 13.1 Å². The number of methoxy groups -OCH3 is 1. The lowest BCUT2D eigenvalue weighted by Crippen LogP contribution is -2.41. The molecule has 0 aliphatic heterocycles. The fraction of sp³-hybridized carbons (Fsp3) is 0.529. The van der Waals surface area contributed by atoms with Crippen molar-refractivity contribution in [3.63, 3.8) is 0 Å². The van der Waals surface area contributed by atoms with Gasteiger partial charge in [-0.15, -0.1) is 0 Å². The van der Waals surface area contributed by atoms with Gasteiger partial charge in [0.2, 0.25) is 10.0 Å². The first-order chi connectivity index (χ1) is 12.2. The number of carbonyl (C=O) groups is 2. The lowest BCUT2D eigenvalue weighted by atomic mass is 10.2. The van der Waals surface area contributed by atoms with Crippen molar-refractivity contribution in [1.29, 1.82) is 0 Å². The molecule has 0 unspecified atom stereocenters. The highest BCUT2D eigenvalue weighted by Crippen LogP contribution is 2.24. The third-order valence-corrected chi connectivity index (χ3v) is 4.99. The Morgan fingerprint density at radius 3 is 2.58 bits per heavy atom. The van der Waals surface area contributed by atoms with Crippen LogP contribution in [-0.4, -0.2) is 45.8 Å². The van der Waals surface area contributed by atoms with E-state index in [1.807, 2.05) is 19.9 Å². The molecule has 26 heavy (non-hydrogen) atoms. The first-order valence-electron chi connectivity index (χ1n) is 8.29. The fourth-order valence-corrected chi connectivity index (χ4v) is 3.50. The summed E-state index contributed by atoms with van der Waals surface area (Å²) in [5, 5.41) is 2.59. The Morgan fingerprint density at radius 2 is 1.96 bits per heavy atom. The van der Waals surface area contributed by atoms with Crippen molar-refractivity contribution >= 4 is 27.6 Å². The van der Waals surface area contributed by atoms with Crippen molar-refractivity contribution < 1.29 is 27.5 Å². The number of unbranched alkanes of at least 4 members (excludes halogenated alkanes) is 1. The summed E-state index contributed by atoms with van der Waals surface area (Å²) in [6, 6.07) is 4.20. The Labute approximate surface area is 154 Å². The monoisotopic (exact) mass is 386 g/mol. The van der Waals surface area contributed by atoms with E-state index in [-0.39, 0.29) is 5.75 Å². The minimum absolute atomic E-state index is 0.0608. The van der Waals surface area contributed by atoms with Crippen molar-refractivity contribution in [1.82, 2.24) is 4.72 Å². The quantitative estimate of drug-likeness (QED) is 0.591. The van der Waals surface area contributed by atoms with E-state index in [0.717, 1.165) is 12.0 Å². The van der Waals surface area contributed by atoms with Gasteiger partial charge in [-0.05, 0) is 38.0 Å². The predicted molar refractivity (Wildman–Crippen MR) is 98.6 cm³/mol. The van der Waals surface area contributed by atoms with Gasteiger partial charge in [-0.1, -0.05) is 19.4 Å². The van der Waals surface area contributed by atoms with E-state index in [1.54, 1.807) is 12.1 Å². The molecule has 1 rings (SSSR count). The van der Waals surface area contributed by atoms with Crippen LogP contribution < -0.4 is 14.8 Å². The van der Waals surface area contributed by atoms with E-state index in [0.29, 0.717) is 17.9 Å². The molecule has 0 radical (unpaired) electrons. The van der Waals surface area contributed by atoms with Crippen LogP contribution in [0.3, 0.4) is 0 Å². The molecule has 1 amide bonds. The van der Waals surface area contributed by atoms with Crippen LogP contribution in [0.2, 0.25) is 0 Å². The highest BCUT2D eigenvalue weighted by molar-refractivity contribution is 7.89. The maximum Gasteiger partial charge on any atom is 0.324 e. The molecular weight excluding hydrogens is 360 g/mol. The molecule has 0 aliphatic rings. The Balaban J connectivity index is 2.54. The normalized spacial score (nSPS) is 12.3. The smallest absolute Gasteiger partial charge is 0.324 e. The van der Waals surface area contributed by atoms with Crippen molar-refractivity contribution in [2.24, 2.45) is 0 Å². The van der Waals surface area contributed by atoms with Crippen molar-refractivity contribution in [2.45, 2.75) is 39.7 Å². The molecule has 0 spiro atoms. The van der Waals surface area contributed by atoms with E-state index in [9.17, 15) is 18.0 Å². The van der Waals surface area contributed by atoms with Gasteiger partial charge in [0.1, 0.15) is 11.8 Å². The minimum Gasteiger partial charge on any atom is -0.495 e. The first-order valence-corrected chi connectivity index (χ1v) is 9.95. The molecule has 8 nitrogen and oxygen atoms in total. The number of aryl methyl sites for hydroxylation is 1. The lowest BCUT2D eigenvalue weighted by Gasteiger charge is -2.14. The van der Waals surface area contributed by atoms with E-state index in [1.165, 1.54) is 14.0 Å². The molecule has 1 aromatic carbocycles. The number of amides is 1. The standard InChI is InChI=1S/C17H26N2O6S/c1-5-6-9-26(22,23)19-13(3)17(21)25-11-16(20)18-14-10-12(2)7-8-15(14)24-4/h7-8,10,13,19H,5-6,9,11H2,1-4H3,(H,18,20)/t13-/m0/s1. The van der Waals surface area contributed by atoms with E-state index < -0.39 is 34.5 Å². The van der Waals surface area contributed by atoms with Crippen molar-refractivity contribution in [2.75, 3.05) is 24.8 Å². The Bertz CT molecular complexity index is 733. The zero-order chi connectivity index (χ0) is 19.7. The number of anilines is 1. The number of benzene rings is 1. The predicted octanol–water partition coefficient (Wildman–Crippen LogP) is 1.59. The van der Waals surface area contributed by atoms with Crippen molar-refractivity contribution in [3.05, 3.63) is 23.8 Å². The van der Waals surface area contributed by atoms with Crippen LogP contribution in [0.4, 0.5) is 5.69 Å². The minimum atomic E-state index is -3.56. The molecule has 1 aromatic rings. The van der Waals surface area contributed by atoms with Crippen LogP contribution in [0.5, 0.6) is 5.75 Å². The van der Waals surface area contributed by atoms with Gasteiger partial charge in [0, 0.05) is 0 Å². The van der Waals surface area contributed by atoms with Gasteiger partial charge in [0.15, 0.2) is 6.61 Å². The van der Waals surface area contributed by atoms with E-state index >= 15 is 0 Å². The maximum atomic E-state index is 12.0. The number of hydrogen-bond acceptors (Lipinski definition) is 6. The number of rotatable bonds is 10. The Hall–Kier alpha value is -2.13. The number of ether oxygens (including phenoxy) is 2. The molecule has 0 bridgehead atoms. The van der Waals surface area contributed by atoms with Gasteiger partial charge in [-0.2, -0.15) is 0 Å². The summed E-state index contributed by atoms with van der Waals surface area (Å²) in [6.07, 6.45) is 1.22. The topological polar surface area (TPSA) is 111 Å². The molecule has 9 heteroatoms. The molecule has 2 N–H and O–H groups in total. The second-order valence-electron chi connectivity index (χ2n) is 5.87. The van der Waals surface area contributed by atoms with E-state index in [2.05, 4.69) is 10.0 Å². The zero-order valence-electron chi connectivity index (χ0n) is 15.5. The Morgan fingerprint density at radius 1 is 1.27 bits per heavy atom. The van der Waals surface area contributed by atoms with Crippen LogP contribution in [-0.2, 0) is 24.3 Å². The van der Waals surface area contributed by atoms with Gasteiger partial charge in [0.05, 0.1) is 18.6 Å². The highest BCUT2D eigenvalue weighted by atomic mass is 32.2. The number of esters is 1. The number of sulfonamides is 1. The summed E-state index contributed by atoms with van der Waals surface area (Å²) >= 11 is 0. The van der Waals surface area contributed by atoms with Gasteiger partial charge in [0.25, 0.3) is 5.91 Å². The summed E-state index contributed by atoms with van der Waals surface area (Å²) < 4.78 is 35.8. The summed E-state index contributed by atoms with van der Waals surface area (Å²) in [5.74, 6) is -0.957. The fourth-order valence-electron chi connectivity index (χ4n) is 2.08. The van der Waals surface area contributed by atoms with Crippen LogP contribution in [0, 0.1) is 6.92 Å². The van der Waals surface area contributed by atoms with Crippen LogP contribution in [0.1, 0.15) is 32.3 Å². The SMILES string of the molecule is CCCCS(=O)(=O)N[C@@H](C)C(=O)OCC(=O)Nc1cc(C)ccc1OC. The second kappa shape index (κ2) is 10.1. The van der Waals surface area contributed by atoms with Crippen LogP contribution >= 0.6 is 0 Å². The largest absolute Gasteiger partial charge is 0.495 e. The second-order valence-corrected chi connectivity index (χ2v) is 7.75. The molecular formula is C17H26N2O6S. The van der Waals surface area contributed by atoms with Crippen LogP contribution in [0.15, 0.2) is 18.2 Å². The number of nitrogens with one attached hydrogen (secondary N) is 2. The average molecular weight is 386 g/mol. The summed E-state index contributed by atoms with van der Waals surface area (Å²) in [5.41, 5.74) is 1.38. The summed E-state index contributed by atoms with van der Waals surface area (Å²) in [7, 11) is -2.08. The van der Waals surface area contributed by atoms with Gasteiger partial charge < -0.3 is 14.8 Å². The molecule has 0 aromatic heterocycles. The van der Waals surface area contributed by atoms with Gasteiger partial charge >= 0.3 is 5.97 Å². The van der Waals surface area contributed by atoms with Crippen molar-refractivity contribution in [3.8, 4) is 5.75 Å². The van der Waals surface area contributed by atoms with Gasteiger partial charge in [-0.3, -0.25) is 9.59 Å². The molecule has 146 valence electrons. The molecule has 1 atom stereocenters. The van der Waals surface area contributed by atoms with Crippen LogP contribution in [0.25, 0.3) is 0 Å². The average Bonchev–Trinajstić information content (AvgIpc) is 2.57. The summed E-state index contributed by atoms with van der Waals surface area (Å²) in [6.45, 7) is 4.57. The molecule has 0 aliphatic carbocycles. The zero-order valence-corrected chi connectivity index (χ0v) is 16.3. The van der Waals surface area contributed by atoms with E-state index in [4.69, 9.17) is 9.47 Å². The molecule has 0 fully saturated rings. The Kier molecular flexibility index (Phi) is 8.53. The molecule has 0 saturated heterocycles. The number of carbonyl (C=O) groups excluding carboxylic acids is 2. The summed E-state index contributed by atoms with van der Waals surface area (Å²) in [4.78, 5) is 23.8. The molecule has 0 heterocycles. The third-order valence-electron chi connectivity index (χ3n) is 3.45. The maximum absolute atomic E-state index is 12.0. The third kappa shape index (κ3) is 7.40. The lowest BCUT2D eigenvalue weighted by molar-refractivity contribution is -0.148. The molecule has 0 saturated carbocycles. The number of hydrogen-bond donors (Lipinski definition) is 2.